The smallest absolute Gasteiger partial charge is 0.252 e. The van der Waals surface area contributed by atoms with Crippen molar-refractivity contribution in [2.45, 2.75) is 19.3 Å². The molecule has 0 aliphatic heterocycles. The Morgan fingerprint density at radius 1 is 0.806 bits per heavy atom. The summed E-state index contributed by atoms with van der Waals surface area (Å²) >= 11 is 0. The van der Waals surface area contributed by atoms with Gasteiger partial charge in [-0.25, -0.2) is 0 Å². The van der Waals surface area contributed by atoms with E-state index in [1.54, 1.807) is 0 Å². The maximum Gasteiger partial charge on any atom is 0.252 e. The molecule has 0 radical (unpaired) electrons. The first-order chi connectivity index (χ1) is 15.3. The molecule has 3 heteroatoms. The van der Waals surface area contributed by atoms with Gasteiger partial charge >= 0.3 is 0 Å². The zero-order valence-corrected chi connectivity index (χ0v) is 17.4. The molecule has 4 aromatic rings. The molecule has 4 aromatic carbocycles. The lowest BCUT2D eigenvalue weighted by Crippen LogP contribution is -2.28. The van der Waals surface area contributed by atoms with Gasteiger partial charge in [-0.1, -0.05) is 72.8 Å². The first kappa shape index (κ1) is 19.4. The van der Waals surface area contributed by atoms with Gasteiger partial charge in [0, 0.05) is 12.0 Å². The van der Waals surface area contributed by atoms with Gasteiger partial charge in [0.25, 0.3) is 5.91 Å². The zero-order valence-electron chi connectivity index (χ0n) is 17.4. The molecule has 1 amide bonds. The lowest BCUT2D eigenvalue weighted by molar-refractivity contribution is 0.0948. The largest absolute Gasteiger partial charge is 0.491 e. The summed E-state index contributed by atoms with van der Waals surface area (Å²) in [5.41, 5.74) is 5.83. The first-order valence-electron chi connectivity index (χ1n) is 10.9. The number of carbonyl (C=O) groups excluding carboxylic acids is 1. The molecule has 154 valence electrons. The molecule has 5 rings (SSSR count). The Kier molecular flexibility index (Phi) is 5.40. The fraction of sp³-hybridized carbons (Fsp3) is 0.179. The molecule has 0 fully saturated rings. The fourth-order valence-electron chi connectivity index (χ4n) is 4.47. The van der Waals surface area contributed by atoms with Crippen molar-refractivity contribution in [3.05, 3.63) is 113 Å². The Labute approximate surface area is 182 Å². The summed E-state index contributed by atoms with van der Waals surface area (Å²) in [6.07, 6.45) is 2.95. The van der Waals surface area contributed by atoms with Crippen LogP contribution in [0.4, 0.5) is 0 Å². The van der Waals surface area contributed by atoms with Gasteiger partial charge in [-0.3, -0.25) is 4.79 Å². The second-order valence-corrected chi connectivity index (χ2v) is 7.99. The van der Waals surface area contributed by atoms with Crippen molar-refractivity contribution in [3.8, 4) is 5.75 Å². The highest BCUT2D eigenvalue weighted by Crippen LogP contribution is 2.32. The monoisotopic (exact) mass is 407 g/mol. The average Bonchev–Trinajstić information content (AvgIpc) is 3.23. The highest BCUT2D eigenvalue weighted by atomic mass is 16.5. The number of hydrogen-bond donors (Lipinski definition) is 1. The molecule has 0 atom stereocenters. The van der Waals surface area contributed by atoms with E-state index in [0.29, 0.717) is 13.2 Å². The molecule has 0 unspecified atom stereocenters. The minimum Gasteiger partial charge on any atom is -0.491 e. The van der Waals surface area contributed by atoms with Gasteiger partial charge in [-0.05, 0) is 58.0 Å². The van der Waals surface area contributed by atoms with Crippen LogP contribution in [0.5, 0.6) is 5.75 Å². The number of rotatable bonds is 7. The third-order valence-electron chi connectivity index (χ3n) is 5.98. The van der Waals surface area contributed by atoms with Crippen molar-refractivity contribution in [3.63, 3.8) is 0 Å². The Balaban J connectivity index is 1.22. The average molecular weight is 408 g/mol. The number of aryl methyl sites for hydroxylation is 2. The second-order valence-electron chi connectivity index (χ2n) is 7.99. The van der Waals surface area contributed by atoms with Crippen molar-refractivity contribution in [1.29, 1.82) is 0 Å². The number of carbonyl (C=O) groups is 1. The Hall–Kier alpha value is -3.59. The number of nitrogens with one attached hydrogen (secondary N) is 1. The summed E-state index contributed by atoms with van der Waals surface area (Å²) in [5.74, 6) is 0.822. The van der Waals surface area contributed by atoms with E-state index in [-0.39, 0.29) is 5.91 Å². The van der Waals surface area contributed by atoms with Crippen LogP contribution in [0.2, 0.25) is 0 Å². The van der Waals surface area contributed by atoms with Crippen LogP contribution in [-0.2, 0) is 19.3 Å². The molecule has 0 aromatic heterocycles. The van der Waals surface area contributed by atoms with Crippen molar-refractivity contribution in [2.24, 2.45) is 0 Å². The summed E-state index contributed by atoms with van der Waals surface area (Å²) in [6.45, 7) is 0.889. The minimum absolute atomic E-state index is 0.0447. The number of para-hydroxylation sites is 1. The van der Waals surface area contributed by atoms with Gasteiger partial charge in [0.15, 0.2) is 0 Å². The van der Waals surface area contributed by atoms with Crippen LogP contribution in [0.15, 0.2) is 84.9 Å². The van der Waals surface area contributed by atoms with E-state index in [4.69, 9.17) is 4.74 Å². The van der Waals surface area contributed by atoms with Gasteiger partial charge < -0.3 is 10.1 Å². The maximum absolute atomic E-state index is 12.9. The third-order valence-corrected chi connectivity index (χ3v) is 5.98. The van der Waals surface area contributed by atoms with Crippen LogP contribution < -0.4 is 10.1 Å². The predicted octanol–water partition coefficient (Wildman–Crippen LogP) is 5.34. The van der Waals surface area contributed by atoms with E-state index in [0.717, 1.165) is 41.5 Å². The lowest BCUT2D eigenvalue weighted by atomic mass is 9.99. The number of hydrogen-bond acceptors (Lipinski definition) is 2. The Morgan fingerprint density at radius 2 is 1.58 bits per heavy atom. The third kappa shape index (κ3) is 4.04. The summed E-state index contributed by atoms with van der Waals surface area (Å²) in [6, 6.07) is 28.8. The van der Waals surface area contributed by atoms with Gasteiger partial charge in [0.1, 0.15) is 12.4 Å². The molecule has 0 saturated carbocycles. The summed E-state index contributed by atoms with van der Waals surface area (Å²) in [7, 11) is 0. The normalized spacial score (nSPS) is 12.1. The standard InChI is InChI=1S/C28H25NO2/c30-28(25-16-15-22-14-13-21-10-6-11-24(25)27(21)22)29-17-18-31-26-12-5-4-9-23(26)19-20-7-2-1-3-8-20/h1-12,15-16H,13-14,17-19H2,(H,29,30). The number of amides is 1. The molecule has 1 aliphatic rings. The van der Waals surface area contributed by atoms with Crippen LogP contribution in [0.1, 0.15) is 32.6 Å². The first-order valence-corrected chi connectivity index (χ1v) is 10.9. The zero-order chi connectivity index (χ0) is 21.0. The molecule has 31 heavy (non-hydrogen) atoms. The van der Waals surface area contributed by atoms with E-state index >= 15 is 0 Å². The minimum atomic E-state index is -0.0447. The van der Waals surface area contributed by atoms with Gasteiger partial charge in [-0.2, -0.15) is 0 Å². The molecule has 0 bridgehead atoms. The highest BCUT2D eigenvalue weighted by Gasteiger charge is 2.18. The number of benzene rings is 4. The van der Waals surface area contributed by atoms with Crippen LogP contribution in [0, 0.1) is 0 Å². The molecule has 0 saturated heterocycles. The lowest BCUT2D eigenvalue weighted by Gasteiger charge is -2.13. The number of ether oxygens (including phenoxy) is 1. The van der Waals surface area contributed by atoms with E-state index in [1.165, 1.54) is 22.1 Å². The topological polar surface area (TPSA) is 38.3 Å². The predicted molar refractivity (Wildman–Crippen MR) is 125 cm³/mol. The van der Waals surface area contributed by atoms with Crippen molar-refractivity contribution >= 4 is 16.7 Å². The van der Waals surface area contributed by atoms with E-state index < -0.39 is 0 Å². The molecule has 0 spiro atoms. The highest BCUT2D eigenvalue weighted by molar-refractivity contribution is 6.09. The van der Waals surface area contributed by atoms with Crippen LogP contribution in [0.3, 0.4) is 0 Å². The van der Waals surface area contributed by atoms with Crippen LogP contribution >= 0.6 is 0 Å². The summed E-state index contributed by atoms with van der Waals surface area (Å²) in [5, 5.41) is 5.35. The van der Waals surface area contributed by atoms with Crippen LogP contribution in [-0.4, -0.2) is 19.1 Å². The molecule has 3 nitrogen and oxygen atoms in total. The Bertz CT molecular complexity index is 1220. The molecular formula is C28H25NO2. The molecular weight excluding hydrogens is 382 g/mol. The SMILES string of the molecule is O=C(NCCOc1ccccc1Cc1ccccc1)c1ccc2c3c(cccc13)CC2. The quantitative estimate of drug-likeness (QED) is 0.420. The van der Waals surface area contributed by atoms with Crippen molar-refractivity contribution in [1.82, 2.24) is 5.32 Å². The van der Waals surface area contributed by atoms with E-state index in [1.807, 2.05) is 30.3 Å². The molecule has 1 aliphatic carbocycles. The molecule has 1 N–H and O–H groups in total. The summed E-state index contributed by atoms with van der Waals surface area (Å²) < 4.78 is 6.02. The van der Waals surface area contributed by atoms with Gasteiger partial charge in [-0.15, -0.1) is 0 Å². The van der Waals surface area contributed by atoms with Crippen molar-refractivity contribution in [2.75, 3.05) is 13.2 Å². The molecule has 0 heterocycles. The maximum atomic E-state index is 12.9. The van der Waals surface area contributed by atoms with Gasteiger partial charge in [0.05, 0.1) is 6.54 Å². The summed E-state index contributed by atoms with van der Waals surface area (Å²) in [4.78, 5) is 12.9. The van der Waals surface area contributed by atoms with Crippen molar-refractivity contribution < 1.29 is 9.53 Å². The fourth-order valence-corrected chi connectivity index (χ4v) is 4.47. The second kappa shape index (κ2) is 8.65. The van der Waals surface area contributed by atoms with E-state index in [2.05, 4.69) is 59.9 Å². The Morgan fingerprint density at radius 3 is 2.45 bits per heavy atom. The van der Waals surface area contributed by atoms with E-state index in [9.17, 15) is 4.79 Å². The van der Waals surface area contributed by atoms with Gasteiger partial charge in [0.2, 0.25) is 0 Å². The van der Waals surface area contributed by atoms with Crippen LogP contribution in [0.25, 0.3) is 10.8 Å².